The topological polar surface area (TPSA) is 62.2 Å². The van der Waals surface area contributed by atoms with E-state index in [1.165, 1.54) is 0 Å². The van der Waals surface area contributed by atoms with Crippen LogP contribution >= 0.6 is 0 Å². The van der Waals surface area contributed by atoms with E-state index in [1.807, 2.05) is 18.3 Å². The van der Waals surface area contributed by atoms with E-state index in [2.05, 4.69) is 27.1 Å². The lowest BCUT2D eigenvalue weighted by Crippen LogP contribution is -2.54. The Morgan fingerprint density at radius 3 is 3.19 bits per heavy atom. The molecule has 0 aromatic carbocycles. The molecule has 1 atom stereocenters. The molecule has 0 bridgehead atoms. The standard InChI is InChI=1S/C15H18N5O/c1-13(14-6-4-10-21-14)5-2-3-7-18-20-9-8-16-11-15(20)17-12-19-20/h4,6,8-12,18H,1-3,5,7H2/q+1. The summed E-state index contributed by atoms with van der Waals surface area (Å²) in [5.74, 6) is 1.66. The van der Waals surface area contributed by atoms with Gasteiger partial charge in [0.05, 0.1) is 12.5 Å². The van der Waals surface area contributed by atoms with Gasteiger partial charge in [-0.2, -0.15) is 4.99 Å². The number of hydrogen-bond acceptors (Lipinski definition) is 5. The number of nitrogens with one attached hydrogen (secondary N) is 1. The normalized spacial score (nSPS) is 22.4. The molecule has 1 N–H and O–H groups in total. The highest BCUT2D eigenvalue weighted by Gasteiger charge is 2.36. The quantitative estimate of drug-likeness (QED) is 0.618. The van der Waals surface area contributed by atoms with Crippen molar-refractivity contribution in [2.24, 2.45) is 15.1 Å². The van der Waals surface area contributed by atoms with Gasteiger partial charge in [0.1, 0.15) is 12.0 Å². The molecular formula is C15H18N5O+. The number of amidine groups is 1. The second-order valence-electron chi connectivity index (χ2n) is 4.93. The Hall–Kier alpha value is -2.31. The minimum absolute atomic E-state index is 0.211. The molecule has 3 heterocycles. The number of rotatable bonds is 7. The van der Waals surface area contributed by atoms with Crippen LogP contribution in [0.1, 0.15) is 25.0 Å². The van der Waals surface area contributed by atoms with Crippen LogP contribution in [-0.4, -0.2) is 29.6 Å². The zero-order valence-corrected chi connectivity index (χ0v) is 11.8. The van der Waals surface area contributed by atoms with Gasteiger partial charge < -0.3 is 4.42 Å². The fourth-order valence-electron chi connectivity index (χ4n) is 2.28. The van der Waals surface area contributed by atoms with Crippen molar-refractivity contribution in [1.82, 2.24) is 5.43 Å². The number of furan rings is 1. The number of unbranched alkanes of at least 4 members (excludes halogenated alkanes) is 1. The minimum atomic E-state index is 0.211. The first-order valence-electron chi connectivity index (χ1n) is 6.99. The van der Waals surface area contributed by atoms with E-state index in [4.69, 9.17) is 4.42 Å². The van der Waals surface area contributed by atoms with E-state index in [9.17, 15) is 0 Å². The Balaban J connectivity index is 1.42. The second kappa shape index (κ2) is 5.99. The van der Waals surface area contributed by atoms with Crippen molar-refractivity contribution in [3.8, 4) is 0 Å². The third-order valence-electron chi connectivity index (χ3n) is 3.46. The predicted octanol–water partition coefficient (Wildman–Crippen LogP) is 2.70. The lowest BCUT2D eigenvalue weighted by Gasteiger charge is -2.24. The van der Waals surface area contributed by atoms with Crippen LogP contribution < -0.4 is 5.43 Å². The molecule has 1 aromatic rings. The van der Waals surface area contributed by atoms with Gasteiger partial charge in [-0.1, -0.05) is 6.58 Å². The van der Waals surface area contributed by atoms with Gasteiger partial charge in [0.25, 0.3) is 5.84 Å². The van der Waals surface area contributed by atoms with Gasteiger partial charge in [-0.3, -0.25) is 4.99 Å². The summed E-state index contributed by atoms with van der Waals surface area (Å²) in [4.78, 5) is 8.27. The molecule has 6 heteroatoms. The number of hydrogen-bond donors (Lipinski definition) is 1. The molecule has 1 aromatic heterocycles. The molecule has 3 rings (SSSR count). The molecule has 6 nitrogen and oxygen atoms in total. The summed E-state index contributed by atoms with van der Waals surface area (Å²) in [5, 5.41) is 4.35. The van der Waals surface area contributed by atoms with Gasteiger partial charge >= 0.3 is 0 Å². The highest BCUT2D eigenvalue weighted by atomic mass is 16.3. The molecule has 0 saturated heterocycles. The Labute approximate surface area is 123 Å². The van der Waals surface area contributed by atoms with Gasteiger partial charge in [0.15, 0.2) is 12.5 Å². The van der Waals surface area contributed by atoms with Crippen molar-refractivity contribution >= 4 is 24.0 Å². The molecule has 0 fully saturated rings. The maximum absolute atomic E-state index is 5.33. The van der Waals surface area contributed by atoms with Crippen LogP contribution in [0.3, 0.4) is 0 Å². The lowest BCUT2D eigenvalue weighted by atomic mass is 10.1. The van der Waals surface area contributed by atoms with Gasteiger partial charge in [0.2, 0.25) is 0 Å². The van der Waals surface area contributed by atoms with Crippen LogP contribution in [0.15, 0.2) is 56.9 Å². The van der Waals surface area contributed by atoms with Gasteiger partial charge in [0, 0.05) is 6.54 Å². The molecule has 0 amide bonds. The van der Waals surface area contributed by atoms with E-state index in [0.29, 0.717) is 0 Å². The molecular weight excluding hydrogens is 266 g/mol. The van der Waals surface area contributed by atoms with E-state index in [0.717, 1.165) is 43.0 Å². The van der Waals surface area contributed by atoms with Crippen molar-refractivity contribution in [2.45, 2.75) is 19.3 Å². The zero-order valence-electron chi connectivity index (χ0n) is 11.8. The highest BCUT2D eigenvalue weighted by molar-refractivity contribution is 6.28. The molecule has 1 unspecified atom stereocenters. The first-order valence-corrected chi connectivity index (χ1v) is 6.99. The third kappa shape index (κ3) is 2.91. The smallest absolute Gasteiger partial charge is 0.299 e. The van der Waals surface area contributed by atoms with E-state index < -0.39 is 0 Å². The van der Waals surface area contributed by atoms with Crippen LogP contribution in [0.4, 0.5) is 0 Å². The fourth-order valence-corrected chi connectivity index (χ4v) is 2.28. The number of nitrogens with zero attached hydrogens (tertiary/aromatic N) is 4. The van der Waals surface area contributed by atoms with Crippen LogP contribution in [0.2, 0.25) is 0 Å². The Morgan fingerprint density at radius 1 is 1.38 bits per heavy atom. The predicted molar refractivity (Wildman–Crippen MR) is 83.4 cm³/mol. The minimum Gasteiger partial charge on any atom is -0.465 e. The Morgan fingerprint density at radius 2 is 2.33 bits per heavy atom. The lowest BCUT2D eigenvalue weighted by molar-refractivity contribution is -0.839. The molecule has 0 saturated carbocycles. The first kappa shape index (κ1) is 13.7. The van der Waals surface area contributed by atoms with Gasteiger partial charge in [-0.25, -0.2) is 0 Å². The van der Waals surface area contributed by atoms with E-state index >= 15 is 0 Å². The zero-order chi connectivity index (χ0) is 14.5. The summed E-state index contributed by atoms with van der Waals surface area (Å²) in [6.07, 6.45) is 11.6. The van der Waals surface area contributed by atoms with Crippen molar-refractivity contribution in [3.05, 3.63) is 43.1 Å². The molecule has 21 heavy (non-hydrogen) atoms. The van der Waals surface area contributed by atoms with E-state index in [-0.39, 0.29) is 4.70 Å². The Kier molecular flexibility index (Phi) is 3.89. The average molecular weight is 284 g/mol. The maximum Gasteiger partial charge on any atom is 0.299 e. The molecule has 0 spiro atoms. The molecule has 2 aliphatic rings. The van der Waals surface area contributed by atoms with Crippen LogP contribution in [0.5, 0.6) is 0 Å². The SMILES string of the molecule is C=C(CCCCN[N+]12C=CN=CC1=NC=N2)c1ccco1. The van der Waals surface area contributed by atoms with Crippen molar-refractivity contribution < 1.29 is 9.12 Å². The number of quaternary nitrogens is 1. The van der Waals surface area contributed by atoms with Gasteiger partial charge in [-0.15, -0.1) is 5.43 Å². The number of allylic oxidation sites excluding steroid dienone is 1. The largest absolute Gasteiger partial charge is 0.465 e. The Bertz CT molecular complexity index is 626. The third-order valence-corrected chi connectivity index (χ3v) is 3.46. The summed E-state index contributed by atoms with van der Waals surface area (Å²) in [5.41, 5.74) is 4.42. The number of aliphatic imine (C=N–C) groups is 2. The molecule has 0 aliphatic carbocycles. The van der Waals surface area contributed by atoms with Crippen molar-refractivity contribution in [1.29, 1.82) is 0 Å². The van der Waals surface area contributed by atoms with Gasteiger partial charge in [-0.05, 0) is 46.8 Å². The number of fused-ring (bicyclic) bond motifs is 1. The first-order chi connectivity index (χ1) is 10.3. The van der Waals surface area contributed by atoms with Crippen molar-refractivity contribution in [3.63, 3.8) is 0 Å². The fraction of sp³-hybridized carbons (Fsp3) is 0.267. The summed E-state index contributed by atoms with van der Waals surface area (Å²) in [6.45, 7) is 4.88. The summed E-state index contributed by atoms with van der Waals surface area (Å²) >= 11 is 0. The molecule has 0 radical (unpaired) electrons. The average Bonchev–Trinajstić information content (AvgIpc) is 3.16. The summed E-state index contributed by atoms with van der Waals surface area (Å²) in [7, 11) is 0. The molecule has 108 valence electrons. The monoisotopic (exact) mass is 284 g/mol. The summed E-state index contributed by atoms with van der Waals surface area (Å²) in [6, 6.07) is 3.83. The maximum atomic E-state index is 5.33. The summed E-state index contributed by atoms with van der Waals surface area (Å²) < 4.78 is 5.54. The van der Waals surface area contributed by atoms with Crippen LogP contribution in [0, 0.1) is 0 Å². The van der Waals surface area contributed by atoms with Crippen molar-refractivity contribution in [2.75, 3.05) is 6.54 Å². The van der Waals surface area contributed by atoms with E-state index in [1.54, 1.807) is 25.0 Å². The molecule has 2 aliphatic heterocycles. The highest BCUT2D eigenvalue weighted by Crippen LogP contribution is 2.19. The van der Waals surface area contributed by atoms with Crippen LogP contribution in [-0.2, 0) is 0 Å². The second-order valence-corrected chi connectivity index (χ2v) is 4.93. The van der Waals surface area contributed by atoms with Crippen LogP contribution in [0.25, 0.3) is 5.57 Å².